The summed E-state index contributed by atoms with van der Waals surface area (Å²) >= 11 is 0. The molecule has 1 heterocycles. The molecule has 0 aliphatic heterocycles. The van der Waals surface area contributed by atoms with E-state index < -0.39 is 0 Å². The molecule has 16 heavy (non-hydrogen) atoms. The molecule has 2 N–H and O–H groups in total. The number of nitrogens with zero attached hydrogens (tertiary/aromatic N) is 2. The number of nitrogen functional groups attached to an aromatic ring is 1. The van der Waals surface area contributed by atoms with Crippen LogP contribution in [-0.2, 0) is 13.5 Å². The average Bonchev–Trinajstić information content (AvgIpc) is 2.67. The Kier molecular flexibility index (Phi) is 2.81. The maximum absolute atomic E-state index is 5.94. The molecule has 0 fully saturated rings. The molecule has 0 aliphatic carbocycles. The molecule has 4 nitrogen and oxygen atoms in total. The molecule has 2 rings (SSSR count). The summed E-state index contributed by atoms with van der Waals surface area (Å²) in [6.45, 7) is 0. The van der Waals surface area contributed by atoms with Gasteiger partial charge in [-0.15, -0.1) is 0 Å². The third-order valence-corrected chi connectivity index (χ3v) is 2.51. The first-order valence-corrected chi connectivity index (χ1v) is 5.09. The molecule has 0 bridgehead atoms. The second-order valence-electron chi connectivity index (χ2n) is 3.76. The van der Waals surface area contributed by atoms with E-state index in [0.717, 1.165) is 29.0 Å². The second-order valence-corrected chi connectivity index (χ2v) is 3.76. The summed E-state index contributed by atoms with van der Waals surface area (Å²) in [6.07, 6.45) is 4.64. The Balaban J connectivity index is 2.21. The van der Waals surface area contributed by atoms with Gasteiger partial charge in [-0.2, -0.15) is 5.10 Å². The minimum atomic E-state index is 0.753. The zero-order chi connectivity index (χ0) is 11.5. The van der Waals surface area contributed by atoms with Gasteiger partial charge in [-0.25, -0.2) is 0 Å². The fourth-order valence-electron chi connectivity index (χ4n) is 1.64. The molecule has 2 aromatic rings. The van der Waals surface area contributed by atoms with E-state index in [2.05, 4.69) is 5.10 Å². The summed E-state index contributed by atoms with van der Waals surface area (Å²) in [6, 6.07) is 5.74. The van der Waals surface area contributed by atoms with Gasteiger partial charge in [0.25, 0.3) is 0 Å². The Morgan fingerprint density at radius 3 is 2.81 bits per heavy atom. The third kappa shape index (κ3) is 2.16. The van der Waals surface area contributed by atoms with Gasteiger partial charge in [0.1, 0.15) is 5.75 Å². The van der Waals surface area contributed by atoms with E-state index in [1.807, 2.05) is 37.6 Å². The third-order valence-electron chi connectivity index (χ3n) is 2.51. The molecule has 1 aromatic heterocycles. The summed E-state index contributed by atoms with van der Waals surface area (Å²) in [4.78, 5) is 0. The lowest BCUT2D eigenvalue weighted by Gasteiger charge is -2.06. The number of aryl methyl sites for hydroxylation is 1. The summed E-state index contributed by atoms with van der Waals surface area (Å²) in [5.41, 5.74) is 8.94. The standard InChI is InChI=1S/C12H15N3O/c1-15-8-9(7-14-15)5-10-3-4-11(16-2)6-12(10)13/h3-4,6-8H,5,13H2,1-2H3. The van der Waals surface area contributed by atoms with Crippen LogP contribution in [0, 0.1) is 0 Å². The van der Waals surface area contributed by atoms with E-state index in [0.29, 0.717) is 0 Å². The van der Waals surface area contributed by atoms with E-state index >= 15 is 0 Å². The van der Waals surface area contributed by atoms with Crippen molar-refractivity contribution in [3.63, 3.8) is 0 Å². The maximum atomic E-state index is 5.94. The number of benzene rings is 1. The van der Waals surface area contributed by atoms with Crippen molar-refractivity contribution < 1.29 is 4.74 Å². The van der Waals surface area contributed by atoms with Crippen LogP contribution in [0.3, 0.4) is 0 Å². The first kappa shape index (κ1) is 10.5. The molecule has 0 radical (unpaired) electrons. The zero-order valence-corrected chi connectivity index (χ0v) is 9.47. The second kappa shape index (κ2) is 4.26. The minimum Gasteiger partial charge on any atom is -0.497 e. The SMILES string of the molecule is COc1ccc(Cc2cnn(C)c2)c(N)c1. The molecular formula is C12H15N3O. The summed E-state index contributed by atoms with van der Waals surface area (Å²) in [5, 5.41) is 4.13. The van der Waals surface area contributed by atoms with Gasteiger partial charge < -0.3 is 10.5 Å². The van der Waals surface area contributed by atoms with Crippen LogP contribution in [0.4, 0.5) is 5.69 Å². The van der Waals surface area contributed by atoms with Crippen LogP contribution < -0.4 is 10.5 Å². The van der Waals surface area contributed by atoms with Gasteiger partial charge in [0, 0.05) is 31.4 Å². The molecule has 0 unspecified atom stereocenters. The molecule has 0 saturated carbocycles. The molecule has 0 spiro atoms. The monoisotopic (exact) mass is 217 g/mol. The molecular weight excluding hydrogens is 202 g/mol. The largest absolute Gasteiger partial charge is 0.497 e. The Morgan fingerprint density at radius 1 is 1.44 bits per heavy atom. The first-order chi connectivity index (χ1) is 7.69. The lowest BCUT2D eigenvalue weighted by atomic mass is 10.1. The summed E-state index contributed by atoms with van der Waals surface area (Å²) in [5.74, 6) is 0.785. The smallest absolute Gasteiger partial charge is 0.120 e. The van der Waals surface area contributed by atoms with Crippen LogP contribution in [0.15, 0.2) is 30.6 Å². The van der Waals surface area contributed by atoms with Crippen LogP contribution >= 0.6 is 0 Å². The van der Waals surface area contributed by atoms with Crippen molar-refractivity contribution >= 4 is 5.69 Å². The normalized spacial score (nSPS) is 10.4. The number of rotatable bonds is 3. The van der Waals surface area contributed by atoms with Gasteiger partial charge in [-0.05, 0) is 17.2 Å². The number of methoxy groups -OCH3 is 1. The van der Waals surface area contributed by atoms with Gasteiger partial charge in [0.15, 0.2) is 0 Å². The summed E-state index contributed by atoms with van der Waals surface area (Å²) < 4.78 is 6.89. The van der Waals surface area contributed by atoms with Crippen LogP contribution in [-0.4, -0.2) is 16.9 Å². The van der Waals surface area contributed by atoms with Gasteiger partial charge in [0.2, 0.25) is 0 Å². The lowest BCUT2D eigenvalue weighted by molar-refractivity contribution is 0.415. The molecule has 0 amide bonds. The van der Waals surface area contributed by atoms with E-state index in [-0.39, 0.29) is 0 Å². The van der Waals surface area contributed by atoms with E-state index in [1.165, 1.54) is 0 Å². The quantitative estimate of drug-likeness (QED) is 0.794. The van der Waals surface area contributed by atoms with Gasteiger partial charge in [0.05, 0.1) is 13.3 Å². The molecule has 0 aliphatic rings. The molecule has 0 atom stereocenters. The number of ether oxygens (including phenoxy) is 1. The molecule has 0 saturated heterocycles. The Morgan fingerprint density at radius 2 is 2.25 bits per heavy atom. The van der Waals surface area contributed by atoms with Crippen molar-refractivity contribution in [2.75, 3.05) is 12.8 Å². The predicted octanol–water partition coefficient (Wildman–Crippen LogP) is 1.60. The Labute approximate surface area is 94.6 Å². The molecule has 1 aromatic carbocycles. The number of anilines is 1. The van der Waals surface area contributed by atoms with Gasteiger partial charge >= 0.3 is 0 Å². The van der Waals surface area contributed by atoms with Crippen molar-refractivity contribution in [2.45, 2.75) is 6.42 Å². The maximum Gasteiger partial charge on any atom is 0.120 e. The topological polar surface area (TPSA) is 53.1 Å². The molecule has 84 valence electrons. The lowest BCUT2D eigenvalue weighted by Crippen LogP contribution is -1.96. The van der Waals surface area contributed by atoms with Crippen molar-refractivity contribution in [3.8, 4) is 5.75 Å². The fraction of sp³-hybridized carbons (Fsp3) is 0.250. The van der Waals surface area contributed by atoms with Crippen LogP contribution in [0.5, 0.6) is 5.75 Å². The van der Waals surface area contributed by atoms with Crippen molar-refractivity contribution in [3.05, 3.63) is 41.7 Å². The Bertz CT molecular complexity index is 491. The average molecular weight is 217 g/mol. The highest BCUT2D eigenvalue weighted by Crippen LogP contribution is 2.21. The fourth-order valence-corrected chi connectivity index (χ4v) is 1.64. The predicted molar refractivity (Wildman–Crippen MR) is 63.4 cm³/mol. The van der Waals surface area contributed by atoms with Crippen molar-refractivity contribution in [1.82, 2.24) is 9.78 Å². The summed E-state index contributed by atoms with van der Waals surface area (Å²) in [7, 11) is 3.54. The number of nitrogens with two attached hydrogens (primary N) is 1. The number of aromatic nitrogens is 2. The van der Waals surface area contributed by atoms with Crippen LogP contribution in [0.1, 0.15) is 11.1 Å². The van der Waals surface area contributed by atoms with E-state index in [9.17, 15) is 0 Å². The van der Waals surface area contributed by atoms with Crippen LogP contribution in [0.25, 0.3) is 0 Å². The van der Waals surface area contributed by atoms with Gasteiger partial charge in [-0.1, -0.05) is 6.07 Å². The highest BCUT2D eigenvalue weighted by atomic mass is 16.5. The molecule has 4 heteroatoms. The van der Waals surface area contributed by atoms with E-state index in [1.54, 1.807) is 11.8 Å². The Hall–Kier alpha value is -1.97. The van der Waals surface area contributed by atoms with E-state index in [4.69, 9.17) is 10.5 Å². The van der Waals surface area contributed by atoms with Crippen LogP contribution in [0.2, 0.25) is 0 Å². The number of hydrogen-bond acceptors (Lipinski definition) is 3. The first-order valence-electron chi connectivity index (χ1n) is 5.09. The minimum absolute atomic E-state index is 0.753. The highest BCUT2D eigenvalue weighted by Gasteiger charge is 2.04. The van der Waals surface area contributed by atoms with Crippen molar-refractivity contribution in [1.29, 1.82) is 0 Å². The van der Waals surface area contributed by atoms with Crippen molar-refractivity contribution in [2.24, 2.45) is 7.05 Å². The zero-order valence-electron chi connectivity index (χ0n) is 9.47. The highest BCUT2D eigenvalue weighted by molar-refractivity contribution is 5.52. The van der Waals surface area contributed by atoms with Gasteiger partial charge in [-0.3, -0.25) is 4.68 Å². The number of hydrogen-bond donors (Lipinski definition) is 1.